The van der Waals surface area contributed by atoms with Gasteiger partial charge in [-0.3, -0.25) is 9.79 Å². The highest BCUT2D eigenvalue weighted by Crippen LogP contribution is 2.37. The van der Waals surface area contributed by atoms with Crippen LogP contribution in [0.2, 0.25) is 0 Å². The number of benzene rings is 1. The molecule has 0 aliphatic rings. The lowest BCUT2D eigenvalue weighted by atomic mass is 10.1. The van der Waals surface area contributed by atoms with E-state index in [-0.39, 0.29) is 17.3 Å². The van der Waals surface area contributed by atoms with E-state index in [0.717, 1.165) is 0 Å². The Balaban J connectivity index is 2.07. The number of nitrogens with two attached hydrogens (primary N) is 1. The van der Waals surface area contributed by atoms with Crippen molar-refractivity contribution in [1.82, 2.24) is 30.9 Å². The lowest BCUT2D eigenvalue weighted by Gasteiger charge is -2.16. The Hall–Kier alpha value is -4.45. The average Bonchev–Trinajstić information content (AvgIpc) is 2.86. The fraction of sp³-hybridized carbons (Fsp3) is 0.190. The van der Waals surface area contributed by atoms with E-state index in [0.29, 0.717) is 35.1 Å². The molecule has 0 saturated carbocycles. The van der Waals surface area contributed by atoms with Gasteiger partial charge in [-0.25, -0.2) is 20.8 Å². The Morgan fingerprint density at radius 1 is 1.18 bits per heavy atom. The first kappa shape index (κ1) is 23.2. The highest BCUT2D eigenvalue weighted by molar-refractivity contribution is 6.29. The fourth-order valence-electron chi connectivity index (χ4n) is 2.83. The Morgan fingerprint density at radius 3 is 2.64 bits per heavy atom. The molecule has 2 heterocycles. The molecule has 5 N–H and O–H groups in total. The molecule has 33 heavy (non-hydrogen) atoms. The molecule has 3 aromatic rings. The van der Waals surface area contributed by atoms with Crippen LogP contribution in [-0.4, -0.2) is 58.8 Å². The molecule has 0 aliphatic heterocycles. The molecule has 0 atom stereocenters. The van der Waals surface area contributed by atoms with Crippen molar-refractivity contribution in [3.05, 3.63) is 48.4 Å². The number of nitrogens with zero attached hydrogens (tertiary/aromatic N) is 6. The SMILES string of the molecule is CCN=CC(=Nc1cc(Nc2cccc(-c3ncccn3)c2OC)c(C(=O)NC)nn1)NN. The van der Waals surface area contributed by atoms with E-state index in [1.807, 2.05) is 19.1 Å². The van der Waals surface area contributed by atoms with Crippen LogP contribution in [0.1, 0.15) is 17.4 Å². The van der Waals surface area contributed by atoms with Crippen LogP contribution < -0.4 is 26.6 Å². The van der Waals surface area contributed by atoms with E-state index >= 15 is 0 Å². The van der Waals surface area contributed by atoms with Crippen molar-refractivity contribution in [3.63, 3.8) is 0 Å². The van der Waals surface area contributed by atoms with Gasteiger partial charge in [-0.05, 0) is 25.1 Å². The molecule has 0 unspecified atom stereocenters. The van der Waals surface area contributed by atoms with Crippen molar-refractivity contribution in [3.8, 4) is 17.1 Å². The molecule has 3 rings (SSSR count). The van der Waals surface area contributed by atoms with Crippen LogP contribution in [0.25, 0.3) is 11.4 Å². The number of carbonyl (C=O) groups excluding carboxylic acids is 1. The number of rotatable bonds is 8. The molecule has 0 saturated heterocycles. The molecular formula is C21H24N10O2. The number of anilines is 2. The number of carbonyl (C=O) groups is 1. The van der Waals surface area contributed by atoms with Crippen LogP contribution in [0, 0.1) is 0 Å². The number of hydrogen-bond acceptors (Lipinski definition) is 10. The Morgan fingerprint density at radius 2 is 1.97 bits per heavy atom. The van der Waals surface area contributed by atoms with Crippen LogP contribution in [0.15, 0.2) is 52.7 Å². The second-order valence-electron chi connectivity index (χ2n) is 6.40. The predicted molar refractivity (Wildman–Crippen MR) is 126 cm³/mol. The minimum atomic E-state index is -0.424. The number of ether oxygens (including phenoxy) is 1. The third kappa shape index (κ3) is 5.62. The van der Waals surface area contributed by atoms with E-state index in [2.05, 4.69) is 46.2 Å². The highest BCUT2D eigenvalue weighted by atomic mass is 16.5. The zero-order chi connectivity index (χ0) is 23.6. The number of para-hydroxylation sites is 1. The number of amidine groups is 1. The maximum absolute atomic E-state index is 12.4. The van der Waals surface area contributed by atoms with Crippen molar-refractivity contribution in [2.45, 2.75) is 6.92 Å². The second kappa shape index (κ2) is 11.2. The van der Waals surface area contributed by atoms with Gasteiger partial charge in [0.25, 0.3) is 5.91 Å². The number of hydrogen-bond donors (Lipinski definition) is 4. The Bertz CT molecular complexity index is 1160. The van der Waals surface area contributed by atoms with Gasteiger partial charge in [0.1, 0.15) is 0 Å². The van der Waals surface area contributed by atoms with Gasteiger partial charge in [-0.15, -0.1) is 10.2 Å². The Labute approximate surface area is 190 Å². The van der Waals surface area contributed by atoms with Gasteiger partial charge in [0.2, 0.25) is 0 Å². The van der Waals surface area contributed by atoms with Crippen LogP contribution in [0.3, 0.4) is 0 Å². The van der Waals surface area contributed by atoms with Crippen LogP contribution >= 0.6 is 0 Å². The highest BCUT2D eigenvalue weighted by Gasteiger charge is 2.18. The van der Waals surface area contributed by atoms with Gasteiger partial charge >= 0.3 is 0 Å². The number of aromatic nitrogens is 4. The average molecular weight is 448 g/mol. The molecule has 0 radical (unpaired) electrons. The minimum absolute atomic E-state index is 0.0735. The van der Waals surface area contributed by atoms with Crippen molar-refractivity contribution in [2.24, 2.45) is 15.8 Å². The largest absolute Gasteiger partial charge is 0.494 e. The topological polar surface area (TPSA) is 165 Å². The number of nitrogens with one attached hydrogen (secondary N) is 3. The molecule has 0 spiro atoms. The first-order valence-electron chi connectivity index (χ1n) is 9.97. The molecule has 1 amide bonds. The van der Waals surface area contributed by atoms with Gasteiger partial charge < -0.3 is 20.8 Å². The van der Waals surface area contributed by atoms with Crippen LogP contribution in [0.5, 0.6) is 5.75 Å². The van der Waals surface area contributed by atoms with Crippen molar-refractivity contribution in [1.29, 1.82) is 0 Å². The van der Waals surface area contributed by atoms with Gasteiger partial charge in [0, 0.05) is 32.1 Å². The standard InChI is InChI=1S/C21H24N10O2/c1-4-24-12-17(29-22)28-16-11-15(18(31-30-16)21(32)23-2)27-14-8-5-7-13(19(14)33-3)20-25-9-6-10-26-20/h5-12H,4,22H2,1-3H3,(H,23,32)(H2,27,28,29,30). The Kier molecular flexibility index (Phi) is 7.91. The molecule has 2 aromatic heterocycles. The monoisotopic (exact) mass is 448 g/mol. The second-order valence-corrected chi connectivity index (χ2v) is 6.40. The molecule has 1 aromatic carbocycles. The summed E-state index contributed by atoms with van der Waals surface area (Å²) >= 11 is 0. The van der Waals surface area contributed by atoms with E-state index in [4.69, 9.17) is 10.6 Å². The minimum Gasteiger partial charge on any atom is -0.494 e. The number of hydrazine groups is 1. The van der Waals surface area contributed by atoms with Crippen LogP contribution in [0.4, 0.5) is 17.2 Å². The van der Waals surface area contributed by atoms with Gasteiger partial charge in [-0.1, -0.05) is 6.07 Å². The van der Waals surface area contributed by atoms with Gasteiger partial charge in [-0.2, -0.15) is 0 Å². The third-order valence-corrected chi connectivity index (χ3v) is 4.30. The van der Waals surface area contributed by atoms with Crippen molar-refractivity contribution < 1.29 is 9.53 Å². The summed E-state index contributed by atoms with van der Waals surface area (Å²) in [5.74, 6) is 6.56. The van der Waals surface area contributed by atoms with E-state index < -0.39 is 5.91 Å². The molecule has 12 nitrogen and oxygen atoms in total. The summed E-state index contributed by atoms with van der Waals surface area (Å²) in [6.07, 6.45) is 4.77. The summed E-state index contributed by atoms with van der Waals surface area (Å²) in [6.45, 7) is 2.45. The third-order valence-electron chi connectivity index (χ3n) is 4.30. The first-order valence-corrected chi connectivity index (χ1v) is 9.97. The zero-order valence-electron chi connectivity index (χ0n) is 18.4. The lowest BCUT2D eigenvalue weighted by Crippen LogP contribution is -2.31. The van der Waals surface area contributed by atoms with E-state index in [1.54, 1.807) is 37.7 Å². The van der Waals surface area contributed by atoms with Gasteiger partial charge in [0.05, 0.1) is 30.3 Å². The van der Waals surface area contributed by atoms with Crippen molar-refractivity contribution >= 4 is 35.2 Å². The van der Waals surface area contributed by atoms with Crippen LogP contribution in [-0.2, 0) is 0 Å². The fourth-order valence-corrected chi connectivity index (χ4v) is 2.83. The summed E-state index contributed by atoms with van der Waals surface area (Å²) in [5, 5.41) is 13.8. The maximum atomic E-state index is 12.4. The lowest BCUT2D eigenvalue weighted by molar-refractivity contribution is 0.0958. The summed E-state index contributed by atoms with van der Waals surface area (Å²) in [5.41, 5.74) is 4.12. The summed E-state index contributed by atoms with van der Waals surface area (Å²) in [4.78, 5) is 29.4. The van der Waals surface area contributed by atoms with Gasteiger partial charge in [0.15, 0.2) is 28.9 Å². The molecule has 0 fully saturated rings. The normalized spacial score (nSPS) is 11.3. The number of amides is 1. The number of aliphatic imine (C=N–C) groups is 2. The smallest absolute Gasteiger partial charge is 0.273 e. The first-order chi connectivity index (χ1) is 16.1. The summed E-state index contributed by atoms with van der Waals surface area (Å²) < 4.78 is 5.64. The zero-order valence-corrected chi connectivity index (χ0v) is 18.4. The number of methoxy groups -OCH3 is 1. The molecular weight excluding hydrogens is 424 g/mol. The van der Waals surface area contributed by atoms with E-state index in [1.165, 1.54) is 13.3 Å². The molecule has 0 bridgehead atoms. The summed E-state index contributed by atoms with van der Waals surface area (Å²) in [6, 6.07) is 8.75. The molecule has 170 valence electrons. The quantitative estimate of drug-likeness (QED) is 0.173. The molecule has 12 heteroatoms. The summed E-state index contributed by atoms with van der Waals surface area (Å²) in [7, 11) is 3.05. The van der Waals surface area contributed by atoms with Crippen molar-refractivity contribution in [2.75, 3.05) is 26.0 Å². The molecule has 0 aliphatic carbocycles. The van der Waals surface area contributed by atoms with E-state index in [9.17, 15) is 4.79 Å². The maximum Gasteiger partial charge on any atom is 0.273 e. The predicted octanol–water partition coefficient (Wildman–Crippen LogP) is 1.63.